The monoisotopic (exact) mass is 231 g/mol. The number of ketones is 1. The lowest BCUT2D eigenvalue weighted by molar-refractivity contribution is -0.128. The first kappa shape index (κ1) is 11.8. The van der Waals surface area contributed by atoms with Crippen molar-refractivity contribution in [3.05, 3.63) is 35.9 Å². The molecule has 1 heterocycles. The van der Waals surface area contributed by atoms with Crippen molar-refractivity contribution in [1.82, 2.24) is 5.32 Å². The van der Waals surface area contributed by atoms with Gasteiger partial charge < -0.3 is 5.32 Å². The second kappa shape index (κ2) is 4.32. The molecular weight excluding hydrogens is 214 g/mol. The molecule has 1 aliphatic rings. The number of rotatable bonds is 3. The third-order valence-electron chi connectivity index (χ3n) is 3.60. The molecule has 1 aromatic carbocycles. The number of amides is 1. The number of hydrogen-bond donors (Lipinski definition) is 1. The standard InChI is InChI=1S/C14H17NO2/c1-3-11-12(16)14(4-2,15-13(11)17)10-8-6-5-7-9-10/h5-9,11H,3-4H2,1-2H3,(H,15,17). The summed E-state index contributed by atoms with van der Waals surface area (Å²) in [5.41, 5.74) is 0.0794. The van der Waals surface area contributed by atoms with Crippen LogP contribution in [0.3, 0.4) is 0 Å². The molecule has 2 atom stereocenters. The number of carbonyl (C=O) groups excluding carboxylic acids is 2. The van der Waals surface area contributed by atoms with Gasteiger partial charge in [0.2, 0.25) is 5.91 Å². The number of Topliss-reactive ketones (excluding diaryl/α,β-unsaturated/α-hetero) is 1. The van der Waals surface area contributed by atoms with E-state index in [2.05, 4.69) is 5.32 Å². The summed E-state index contributed by atoms with van der Waals surface area (Å²) in [4.78, 5) is 24.2. The van der Waals surface area contributed by atoms with Crippen molar-refractivity contribution in [2.75, 3.05) is 0 Å². The van der Waals surface area contributed by atoms with Crippen molar-refractivity contribution in [3.8, 4) is 0 Å². The highest BCUT2D eigenvalue weighted by molar-refractivity contribution is 6.13. The predicted molar refractivity (Wildman–Crippen MR) is 65.3 cm³/mol. The highest BCUT2D eigenvalue weighted by atomic mass is 16.2. The molecule has 0 spiro atoms. The Kier molecular flexibility index (Phi) is 3.01. The lowest BCUT2D eigenvalue weighted by Crippen LogP contribution is -2.42. The van der Waals surface area contributed by atoms with Crippen LogP contribution in [0.2, 0.25) is 0 Å². The van der Waals surface area contributed by atoms with Gasteiger partial charge in [-0.2, -0.15) is 0 Å². The van der Waals surface area contributed by atoms with Crippen LogP contribution in [0.4, 0.5) is 0 Å². The maximum absolute atomic E-state index is 12.4. The molecule has 0 radical (unpaired) electrons. The van der Waals surface area contributed by atoms with Gasteiger partial charge in [-0.15, -0.1) is 0 Å². The molecule has 2 rings (SSSR count). The van der Waals surface area contributed by atoms with E-state index in [0.29, 0.717) is 12.8 Å². The molecule has 90 valence electrons. The van der Waals surface area contributed by atoms with Gasteiger partial charge in [0.1, 0.15) is 5.54 Å². The average Bonchev–Trinajstić information content (AvgIpc) is 2.62. The zero-order chi connectivity index (χ0) is 12.5. The van der Waals surface area contributed by atoms with Crippen LogP contribution >= 0.6 is 0 Å². The first-order valence-corrected chi connectivity index (χ1v) is 6.07. The Bertz CT molecular complexity index is 441. The molecule has 3 heteroatoms. The van der Waals surface area contributed by atoms with Gasteiger partial charge in [-0.05, 0) is 18.4 Å². The van der Waals surface area contributed by atoms with E-state index in [-0.39, 0.29) is 11.7 Å². The van der Waals surface area contributed by atoms with Crippen LogP contribution in [0, 0.1) is 5.92 Å². The van der Waals surface area contributed by atoms with Gasteiger partial charge in [0, 0.05) is 0 Å². The van der Waals surface area contributed by atoms with Crippen LogP contribution < -0.4 is 5.32 Å². The van der Waals surface area contributed by atoms with Crippen LogP contribution in [0.1, 0.15) is 32.3 Å². The van der Waals surface area contributed by atoms with Crippen molar-refractivity contribution in [1.29, 1.82) is 0 Å². The first-order valence-electron chi connectivity index (χ1n) is 6.07. The largest absolute Gasteiger partial charge is 0.339 e. The van der Waals surface area contributed by atoms with Crippen molar-refractivity contribution in [2.24, 2.45) is 5.92 Å². The number of hydrogen-bond acceptors (Lipinski definition) is 2. The number of carbonyl (C=O) groups is 2. The van der Waals surface area contributed by atoms with Gasteiger partial charge in [0.25, 0.3) is 0 Å². The van der Waals surface area contributed by atoms with Crippen LogP contribution in [-0.2, 0) is 15.1 Å². The van der Waals surface area contributed by atoms with Crippen molar-refractivity contribution < 1.29 is 9.59 Å². The minimum Gasteiger partial charge on any atom is -0.339 e. The summed E-state index contributed by atoms with van der Waals surface area (Å²) in [5, 5.41) is 2.90. The lowest BCUT2D eigenvalue weighted by atomic mass is 9.81. The zero-order valence-corrected chi connectivity index (χ0v) is 10.2. The van der Waals surface area contributed by atoms with Gasteiger partial charge in [0.15, 0.2) is 5.78 Å². The summed E-state index contributed by atoms with van der Waals surface area (Å²) < 4.78 is 0. The fourth-order valence-corrected chi connectivity index (χ4v) is 2.55. The SMILES string of the molecule is CCC1C(=O)NC(CC)(c2ccccc2)C1=O. The molecule has 1 aliphatic heterocycles. The Morgan fingerprint density at radius 1 is 1.18 bits per heavy atom. The molecule has 17 heavy (non-hydrogen) atoms. The maximum atomic E-state index is 12.4. The van der Waals surface area contributed by atoms with E-state index in [1.807, 2.05) is 44.2 Å². The third kappa shape index (κ3) is 1.66. The van der Waals surface area contributed by atoms with E-state index < -0.39 is 11.5 Å². The van der Waals surface area contributed by atoms with E-state index in [4.69, 9.17) is 0 Å². The summed E-state index contributed by atoms with van der Waals surface area (Å²) in [6.07, 6.45) is 1.16. The molecule has 0 saturated carbocycles. The molecular formula is C14H17NO2. The topological polar surface area (TPSA) is 46.2 Å². The molecule has 1 aromatic rings. The summed E-state index contributed by atoms with van der Waals surface area (Å²) >= 11 is 0. The summed E-state index contributed by atoms with van der Waals surface area (Å²) in [6, 6.07) is 9.50. The van der Waals surface area contributed by atoms with Gasteiger partial charge in [-0.1, -0.05) is 44.2 Å². The average molecular weight is 231 g/mol. The van der Waals surface area contributed by atoms with Gasteiger partial charge in [-0.25, -0.2) is 0 Å². The van der Waals surface area contributed by atoms with Gasteiger partial charge in [-0.3, -0.25) is 9.59 Å². The highest BCUT2D eigenvalue weighted by Gasteiger charge is 2.51. The summed E-state index contributed by atoms with van der Waals surface area (Å²) in [5.74, 6) is -0.614. The second-order valence-electron chi connectivity index (χ2n) is 4.44. The Morgan fingerprint density at radius 3 is 2.29 bits per heavy atom. The lowest BCUT2D eigenvalue weighted by Gasteiger charge is -2.26. The number of benzene rings is 1. The first-order chi connectivity index (χ1) is 8.15. The van der Waals surface area contributed by atoms with Gasteiger partial charge in [0.05, 0.1) is 5.92 Å². The molecule has 0 aromatic heterocycles. The third-order valence-corrected chi connectivity index (χ3v) is 3.60. The van der Waals surface area contributed by atoms with Crippen LogP contribution in [0.25, 0.3) is 0 Å². The molecule has 0 aliphatic carbocycles. The fourth-order valence-electron chi connectivity index (χ4n) is 2.55. The number of nitrogens with one attached hydrogen (secondary N) is 1. The van der Waals surface area contributed by atoms with Gasteiger partial charge >= 0.3 is 0 Å². The molecule has 1 N–H and O–H groups in total. The molecule has 1 fully saturated rings. The van der Waals surface area contributed by atoms with Crippen LogP contribution in [0.15, 0.2) is 30.3 Å². The van der Waals surface area contributed by atoms with Crippen LogP contribution in [0.5, 0.6) is 0 Å². The Morgan fingerprint density at radius 2 is 1.82 bits per heavy atom. The van der Waals surface area contributed by atoms with E-state index in [9.17, 15) is 9.59 Å². The Hall–Kier alpha value is -1.64. The van der Waals surface area contributed by atoms with Crippen molar-refractivity contribution in [2.45, 2.75) is 32.2 Å². The minimum atomic E-state index is -0.807. The van der Waals surface area contributed by atoms with Crippen LogP contribution in [-0.4, -0.2) is 11.7 Å². The fraction of sp³-hybridized carbons (Fsp3) is 0.429. The normalized spacial score (nSPS) is 28.2. The molecule has 3 nitrogen and oxygen atoms in total. The van der Waals surface area contributed by atoms with E-state index in [1.54, 1.807) is 0 Å². The van der Waals surface area contributed by atoms with Crippen molar-refractivity contribution in [3.63, 3.8) is 0 Å². The summed E-state index contributed by atoms with van der Waals surface area (Å²) in [6.45, 7) is 3.81. The Balaban J connectivity index is 2.47. The Labute approximate surface area is 101 Å². The second-order valence-corrected chi connectivity index (χ2v) is 4.44. The molecule has 1 saturated heterocycles. The highest BCUT2D eigenvalue weighted by Crippen LogP contribution is 2.35. The summed E-state index contributed by atoms with van der Waals surface area (Å²) in [7, 11) is 0. The maximum Gasteiger partial charge on any atom is 0.231 e. The predicted octanol–water partition coefficient (Wildman–Crippen LogP) is 2.02. The smallest absolute Gasteiger partial charge is 0.231 e. The quantitative estimate of drug-likeness (QED) is 0.809. The van der Waals surface area contributed by atoms with E-state index in [0.717, 1.165) is 5.56 Å². The zero-order valence-electron chi connectivity index (χ0n) is 10.2. The molecule has 1 amide bonds. The van der Waals surface area contributed by atoms with Crippen molar-refractivity contribution >= 4 is 11.7 Å². The minimum absolute atomic E-state index is 0.0127. The van der Waals surface area contributed by atoms with E-state index in [1.165, 1.54) is 0 Å². The molecule has 0 bridgehead atoms. The van der Waals surface area contributed by atoms with E-state index >= 15 is 0 Å². The molecule has 2 unspecified atom stereocenters.